The lowest BCUT2D eigenvalue weighted by molar-refractivity contribution is -0.150. The molecule has 1 heterocycles. The standard InChI is InChI=1S/C11H17N3O3/c1-4-9(11(16)17)13(3)10(15)8(2)14-7-5-6-12-14/h5-9H,4H2,1-3H3,(H,16,17). The molecule has 0 aromatic carbocycles. The molecule has 0 spiro atoms. The van der Waals surface area contributed by atoms with Gasteiger partial charge in [0, 0.05) is 19.4 Å². The third-order valence-corrected chi connectivity index (χ3v) is 2.77. The molecule has 0 radical (unpaired) electrons. The third-order valence-electron chi connectivity index (χ3n) is 2.77. The zero-order valence-electron chi connectivity index (χ0n) is 10.2. The van der Waals surface area contributed by atoms with Crippen molar-refractivity contribution in [3.8, 4) is 0 Å². The minimum absolute atomic E-state index is 0.261. The van der Waals surface area contributed by atoms with E-state index in [1.165, 1.54) is 16.6 Å². The van der Waals surface area contributed by atoms with Crippen LogP contribution in [0.25, 0.3) is 0 Å². The van der Waals surface area contributed by atoms with Crippen LogP contribution in [0.2, 0.25) is 0 Å². The molecule has 2 unspecified atom stereocenters. The van der Waals surface area contributed by atoms with E-state index in [1.807, 2.05) is 0 Å². The Morgan fingerprint density at radius 1 is 1.53 bits per heavy atom. The normalized spacial score (nSPS) is 14.1. The van der Waals surface area contributed by atoms with E-state index in [1.54, 1.807) is 32.3 Å². The van der Waals surface area contributed by atoms with Crippen molar-refractivity contribution in [3.05, 3.63) is 18.5 Å². The van der Waals surface area contributed by atoms with Gasteiger partial charge in [-0.3, -0.25) is 9.48 Å². The zero-order valence-corrected chi connectivity index (χ0v) is 10.2. The van der Waals surface area contributed by atoms with Gasteiger partial charge in [-0.05, 0) is 19.4 Å². The summed E-state index contributed by atoms with van der Waals surface area (Å²) in [4.78, 5) is 24.3. The number of carbonyl (C=O) groups excluding carboxylic acids is 1. The number of rotatable bonds is 5. The second-order valence-electron chi connectivity index (χ2n) is 3.87. The molecule has 0 bridgehead atoms. The van der Waals surface area contributed by atoms with Crippen molar-refractivity contribution in [2.75, 3.05) is 7.05 Å². The molecular formula is C11H17N3O3. The van der Waals surface area contributed by atoms with Crippen molar-refractivity contribution in [2.45, 2.75) is 32.4 Å². The fourth-order valence-electron chi connectivity index (χ4n) is 1.69. The summed E-state index contributed by atoms with van der Waals surface area (Å²) in [6.07, 6.45) is 3.64. The van der Waals surface area contributed by atoms with Gasteiger partial charge in [-0.25, -0.2) is 4.79 Å². The largest absolute Gasteiger partial charge is 0.480 e. The maximum Gasteiger partial charge on any atom is 0.326 e. The monoisotopic (exact) mass is 239 g/mol. The van der Waals surface area contributed by atoms with Gasteiger partial charge >= 0.3 is 5.97 Å². The van der Waals surface area contributed by atoms with E-state index >= 15 is 0 Å². The molecule has 1 rings (SSSR count). The molecule has 6 nitrogen and oxygen atoms in total. The van der Waals surface area contributed by atoms with E-state index < -0.39 is 18.1 Å². The Hall–Kier alpha value is -1.85. The quantitative estimate of drug-likeness (QED) is 0.823. The number of nitrogens with zero attached hydrogens (tertiary/aromatic N) is 3. The maximum absolute atomic E-state index is 12.0. The molecule has 0 aliphatic carbocycles. The molecule has 94 valence electrons. The highest BCUT2D eigenvalue weighted by molar-refractivity contribution is 5.85. The molecule has 0 aliphatic heterocycles. The van der Waals surface area contributed by atoms with Gasteiger partial charge in [0.05, 0.1) is 0 Å². The average molecular weight is 239 g/mol. The van der Waals surface area contributed by atoms with Gasteiger partial charge in [-0.1, -0.05) is 6.92 Å². The van der Waals surface area contributed by atoms with Crippen molar-refractivity contribution in [1.29, 1.82) is 0 Å². The molecular weight excluding hydrogens is 222 g/mol. The van der Waals surface area contributed by atoms with E-state index in [0.717, 1.165) is 0 Å². The lowest BCUT2D eigenvalue weighted by atomic mass is 10.1. The average Bonchev–Trinajstić information content (AvgIpc) is 2.80. The summed E-state index contributed by atoms with van der Waals surface area (Å²) in [5.74, 6) is -1.25. The summed E-state index contributed by atoms with van der Waals surface area (Å²) in [6.45, 7) is 3.43. The minimum Gasteiger partial charge on any atom is -0.480 e. The van der Waals surface area contributed by atoms with Gasteiger partial charge in [-0.2, -0.15) is 5.10 Å². The molecule has 1 N–H and O–H groups in total. The topological polar surface area (TPSA) is 75.4 Å². The molecule has 0 saturated heterocycles. The number of carbonyl (C=O) groups is 2. The molecule has 17 heavy (non-hydrogen) atoms. The Morgan fingerprint density at radius 2 is 2.18 bits per heavy atom. The number of carboxylic acids is 1. The molecule has 1 aromatic rings. The van der Waals surface area contributed by atoms with Gasteiger partial charge in [-0.15, -0.1) is 0 Å². The van der Waals surface area contributed by atoms with E-state index in [9.17, 15) is 9.59 Å². The van der Waals surface area contributed by atoms with Crippen LogP contribution in [0, 0.1) is 0 Å². The van der Waals surface area contributed by atoms with Crippen molar-refractivity contribution in [2.24, 2.45) is 0 Å². The minimum atomic E-state index is -0.990. The van der Waals surface area contributed by atoms with E-state index in [0.29, 0.717) is 6.42 Å². The summed E-state index contributed by atoms with van der Waals surface area (Å²) in [5.41, 5.74) is 0. The van der Waals surface area contributed by atoms with Crippen LogP contribution in [0.3, 0.4) is 0 Å². The predicted octanol–water partition coefficient (Wildman–Crippen LogP) is 0.766. The number of carboxylic acid groups (broad SMARTS) is 1. The van der Waals surface area contributed by atoms with E-state index in [4.69, 9.17) is 5.11 Å². The molecule has 1 aromatic heterocycles. The molecule has 2 atom stereocenters. The SMILES string of the molecule is CCC(C(=O)O)N(C)C(=O)C(C)n1cccn1. The summed E-state index contributed by atoms with van der Waals surface area (Å²) in [6, 6.07) is 0.432. The fraction of sp³-hybridized carbons (Fsp3) is 0.545. The molecule has 6 heteroatoms. The smallest absolute Gasteiger partial charge is 0.326 e. The van der Waals surface area contributed by atoms with Crippen LogP contribution in [0.4, 0.5) is 0 Å². The Kier molecular flexibility index (Phi) is 4.25. The van der Waals surface area contributed by atoms with Gasteiger partial charge in [0.15, 0.2) is 0 Å². The Morgan fingerprint density at radius 3 is 2.59 bits per heavy atom. The highest BCUT2D eigenvalue weighted by Gasteiger charge is 2.28. The lowest BCUT2D eigenvalue weighted by Crippen LogP contribution is -2.44. The highest BCUT2D eigenvalue weighted by Crippen LogP contribution is 2.11. The molecule has 1 amide bonds. The van der Waals surface area contributed by atoms with Gasteiger partial charge in [0.25, 0.3) is 0 Å². The molecule has 0 aliphatic rings. The first kappa shape index (κ1) is 13.2. The van der Waals surface area contributed by atoms with Crippen LogP contribution in [0.5, 0.6) is 0 Å². The summed E-state index contributed by atoms with van der Waals surface area (Å²) >= 11 is 0. The van der Waals surface area contributed by atoms with Crippen LogP contribution in [-0.4, -0.2) is 44.8 Å². The summed E-state index contributed by atoms with van der Waals surface area (Å²) in [5, 5.41) is 13.0. The van der Waals surface area contributed by atoms with E-state index in [2.05, 4.69) is 5.10 Å². The Balaban J connectivity index is 2.79. The highest BCUT2D eigenvalue weighted by atomic mass is 16.4. The summed E-state index contributed by atoms with van der Waals surface area (Å²) < 4.78 is 1.51. The first-order valence-corrected chi connectivity index (χ1v) is 5.47. The van der Waals surface area contributed by atoms with Crippen molar-refractivity contribution >= 4 is 11.9 Å². The zero-order chi connectivity index (χ0) is 13.0. The van der Waals surface area contributed by atoms with Crippen LogP contribution in [0.1, 0.15) is 26.3 Å². The number of amides is 1. The number of hydrogen-bond donors (Lipinski definition) is 1. The third kappa shape index (κ3) is 2.83. The van der Waals surface area contributed by atoms with Crippen LogP contribution in [0.15, 0.2) is 18.5 Å². The second-order valence-corrected chi connectivity index (χ2v) is 3.87. The first-order valence-electron chi connectivity index (χ1n) is 5.47. The molecule has 0 fully saturated rings. The predicted molar refractivity (Wildman–Crippen MR) is 61.4 cm³/mol. The Labute approximate surface area is 99.8 Å². The van der Waals surface area contributed by atoms with Crippen LogP contribution < -0.4 is 0 Å². The van der Waals surface area contributed by atoms with Crippen LogP contribution in [-0.2, 0) is 9.59 Å². The van der Waals surface area contributed by atoms with E-state index in [-0.39, 0.29) is 5.91 Å². The van der Waals surface area contributed by atoms with Crippen molar-refractivity contribution < 1.29 is 14.7 Å². The first-order chi connectivity index (χ1) is 7.99. The fourth-order valence-corrected chi connectivity index (χ4v) is 1.69. The van der Waals surface area contributed by atoms with Gasteiger partial charge in [0.2, 0.25) is 5.91 Å². The van der Waals surface area contributed by atoms with Crippen LogP contribution >= 0.6 is 0 Å². The second kappa shape index (κ2) is 5.47. The van der Waals surface area contributed by atoms with Crippen molar-refractivity contribution in [1.82, 2.24) is 14.7 Å². The van der Waals surface area contributed by atoms with Crippen molar-refractivity contribution in [3.63, 3.8) is 0 Å². The number of likely N-dealkylation sites (N-methyl/N-ethyl adjacent to an activating group) is 1. The number of hydrogen-bond acceptors (Lipinski definition) is 3. The maximum atomic E-state index is 12.0. The Bertz CT molecular complexity index is 389. The van der Waals surface area contributed by atoms with Gasteiger partial charge < -0.3 is 10.0 Å². The summed E-state index contributed by atoms with van der Waals surface area (Å²) in [7, 11) is 1.50. The lowest BCUT2D eigenvalue weighted by Gasteiger charge is -2.26. The molecule has 0 saturated carbocycles. The van der Waals surface area contributed by atoms with Gasteiger partial charge in [0.1, 0.15) is 12.1 Å². The number of aromatic nitrogens is 2. The number of aliphatic carboxylic acids is 1.